The van der Waals surface area contributed by atoms with Crippen LogP contribution in [0.25, 0.3) is 0 Å². The molecule has 0 aromatic heterocycles. The second-order valence-electron chi connectivity index (χ2n) is 3.76. The molecular formula is C12H19NO2. The van der Waals surface area contributed by atoms with Gasteiger partial charge in [-0.2, -0.15) is 0 Å². The Labute approximate surface area is 90.9 Å². The molecule has 1 rings (SSSR count). The highest BCUT2D eigenvalue weighted by atomic mass is 16.5. The van der Waals surface area contributed by atoms with E-state index in [-0.39, 0.29) is 12.6 Å². The van der Waals surface area contributed by atoms with Gasteiger partial charge < -0.3 is 15.6 Å². The van der Waals surface area contributed by atoms with Crippen LogP contribution in [-0.4, -0.2) is 18.3 Å². The van der Waals surface area contributed by atoms with Gasteiger partial charge in [0.1, 0.15) is 5.75 Å². The topological polar surface area (TPSA) is 55.5 Å². The molecule has 3 nitrogen and oxygen atoms in total. The quantitative estimate of drug-likeness (QED) is 0.727. The molecule has 0 saturated heterocycles. The lowest BCUT2D eigenvalue weighted by atomic mass is 10.1. The molecule has 0 aliphatic heterocycles. The smallest absolute Gasteiger partial charge is 0.124 e. The van der Waals surface area contributed by atoms with Gasteiger partial charge in [0.2, 0.25) is 0 Å². The summed E-state index contributed by atoms with van der Waals surface area (Å²) in [5.41, 5.74) is 8.00. The number of aliphatic hydroxyl groups excluding tert-OH is 1. The maximum atomic E-state index is 8.67. The second kappa shape index (κ2) is 5.73. The number of benzene rings is 1. The van der Waals surface area contributed by atoms with Gasteiger partial charge in [-0.15, -0.1) is 0 Å². The van der Waals surface area contributed by atoms with E-state index < -0.39 is 0 Å². The molecule has 0 amide bonds. The molecule has 0 saturated carbocycles. The lowest BCUT2D eigenvalue weighted by Crippen LogP contribution is -2.09. The predicted molar refractivity (Wildman–Crippen MR) is 61.0 cm³/mol. The molecule has 15 heavy (non-hydrogen) atoms. The zero-order valence-corrected chi connectivity index (χ0v) is 9.36. The van der Waals surface area contributed by atoms with Crippen molar-refractivity contribution in [3.63, 3.8) is 0 Å². The first kappa shape index (κ1) is 12.0. The number of ether oxygens (including phenoxy) is 1. The van der Waals surface area contributed by atoms with E-state index in [1.54, 1.807) is 0 Å². The van der Waals surface area contributed by atoms with E-state index in [0.717, 1.165) is 16.9 Å². The Balaban J connectivity index is 2.77. The summed E-state index contributed by atoms with van der Waals surface area (Å²) in [4.78, 5) is 0. The van der Waals surface area contributed by atoms with Crippen LogP contribution in [0, 0.1) is 6.92 Å². The van der Waals surface area contributed by atoms with Crippen molar-refractivity contribution >= 4 is 0 Å². The summed E-state index contributed by atoms with van der Waals surface area (Å²) in [6, 6.07) is 5.97. The van der Waals surface area contributed by atoms with E-state index in [9.17, 15) is 0 Å². The van der Waals surface area contributed by atoms with E-state index in [1.165, 1.54) is 0 Å². The molecular weight excluding hydrogens is 190 g/mol. The maximum Gasteiger partial charge on any atom is 0.124 e. The Kier molecular flexibility index (Phi) is 4.59. The van der Waals surface area contributed by atoms with E-state index in [2.05, 4.69) is 0 Å². The fourth-order valence-electron chi connectivity index (χ4n) is 1.39. The van der Waals surface area contributed by atoms with Crippen LogP contribution in [0.3, 0.4) is 0 Å². The van der Waals surface area contributed by atoms with E-state index in [1.807, 2.05) is 32.0 Å². The minimum absolute atomic E-state index is 0.0327. The van der Waals surface area contributed by atoms with Gasteiger partial charge >= 0.3 is 0 Å². The molecule has 0 bridgehead atoms. The van der Waals surface area contributed by atoms with Crippen molar-refractivity contribution in [1.82, 2.24) is 0 Å². The predicted octanol–water partition coefficient (Wildman–Crippen LogP) is 1.78. The summed E-state index contributed by atoms with van der Waals surface area (Å²) in [6.07, 6.45) is 0.645. The minimum Gasteiger partial charge on any atom is -0.493 e. The van der Waals surface area contributed by atoms with Crippen LogP contribution < -0.4 is 10.5 Å². The Morgan fingerprint density at radius 1 is 1.47 bits per heavy atom. The first-order valence-corrected chi connectivity index (χ1v) is 5.25. The Morgan fingerprint density at radius 2 is 2.20 bits per heavy atom. The van der Waals surface area contributed by atoms with Gasteiger partial charge in [-0.1, -0.05) is 12.1 Å². The largest absolute Gasteiger partial charge is 0.493 e. The van der Waals surface area contributed by atoms with Gasteiger partial charge in [0, 0.05) is 24.6 Å². The van der Waals surface area contributed by atoms with Crippen LogP contribution in [0.4, 0.5) is 0 Å². The average Bonchev–Trinajstić information content (AvgIpc) is 2.18. The third kappa shape index (κ3) is 3.53. The highest BCUT2D eigenvalue weighted by molar-refractivity contribution is 5.38. The highest BCUT2D eigenvalue weighted by Crippen LogP contribution is 2.25. The number of hydrogen-bond donors (Lipinski definition) is 2. The third-order valence-electron chi connectivity index (χ3n) is 2.22. The molecule has 1 aromatic carbocycles. The van der Waals surface area contributed by atoms with Gasteiger partial charge in [0.05, 0.1) is 6.61 Å². The highest BCUT2D eigenvalue weighted by Gasteiger charge is 2.07. The third-order valence-corrected chi connectivity index (χ3v) is 2.22. The number of hydrogen-bond acceptors (Lipinski definition) is 3. The lowest BCUT2D eigenvalue weighted by molar-refractivity contribution is 0.232. The zero-order valence-electron chi connectivity index (χ0n) is 9.36. The molecule has 84 valence electrons. The SMILES string of the molecule is Cc1ccc([C@@H](C)N)c(OCCCO)c1. The van der Waals surface area contributed by atoms with Crippen LogP contribution in [-0.2, 0) is 0 Å². The standard InChI is InChI=1S/C12H19NO2/c1-9-4-5-11(10(2)13)12(8-9)15-7-3-6-14/h4-5,8,10,14H,3,6-7,13H2,1-2H3/t10-/m1/s1. The summed E-state index contributed by atoms with van der Waals surface area (Å²) < 4.78 is 5.58. The molecule has 0 heterocycles. The summed E-state index contributed by atoms with van der Waals surface area (Å²) in [5, 5.41) is 8.67. The van der Waals surface area contributed by atoms with Crippen molar-refractivity contribution < 1.29 is 9.84 Å². The van der Waals surface area contributed by atoms with Crippen molar-refractivity contribution in [1.29, 1.82) is 0 Å². The second-order valence-corrected chi connectivity index (χ2v) is 3.76. The van der Waals surface area contributed by atoms with Crippen molar-refractivity contribution in [3.05, 3.63) is 29.3 Å². The molecule has 1 aromatic rings. The fourth-order valence-corrected chi connectivity index (χ4v) is 1.39. The molecule has 0 spiro atoms. The number of nitrogens with two attached hydrogens (primary N) is 1. The normalized spacial score (nSPS) is 12.5. The first-order chi connectivity index (χ1) is 7.15. The summed E-state index contributed by atoms with van der Waals surface area (Å²) in [5.74, 6) is 0.832. The number of aliphatic hydroxyl groups is 1. The van der Waals surface area contributed by atoms with Crippen LogP contribution in [0.2, 0.25) is 0 Å². The van der Waals surface area contributed by atoms with Crippen LogP contribution >= 0.6 is 0 Å². The number of aryl methyl sites for hydroxylation is 1. The van der Waals surface area contributed by atoms with Crippen LogP contribution in [0.15, 0.2) is 18.2 Å². The molecule has 0 aliphatic rings. The van der Waals surface area contributed by atoms with Crippen molar-refractivity contribution in [2.24, 2.45) is 5.73 Å². The molecule has 1 atom stereocenters. The minimum atomic E-state index is -0.0327. The van der Waals surface area contributed by atoms with Crippen molar-refractivity contribution in [2.45, 2.75) is 26.3 Å². The zero-order chi connectivity index (χ0) is 11.3. The van der Waals surface area contributed by atoms with E-state index in [0.29, 0.717) is 13.0 Å². The van der Waals surface area contributed by atoms with E-state index >= 15 is 0 Å². The maximum absolute atomic E-state index is 8.67. The molecule has 0 aliphatic carbocycles. The van der Waals surface area contributed by atoms with E-state index in [4.69, 9.17) is 15.6 Å². The monoisotopic (exact) mass is 209 g/mol. The van der Waals surface area contributed by atoms with Gasteiger partial charge in [-0.3, -0.25) is 0 Å². The fraction of sp³-hybridized carbons (Fsp3) is 0.500. The van der Waals surface area contributed by atoms with Crippen LogP contribution in [0.1, 0.15) is 30.5 Å². The molecule has 3 N–H and O–H groups in total. The van der Waals surface area contributed by atoms with Gasteiger partial charge in [0.15, 0.2) is 0 Å². The van der Waals surface area contributed by atoms with Crippen molar-refractivity contribution in [2.75, 3.05) is 13.2 Å². The lowest BCUT2D eigenvalue weighted by Gasteiger charge is -2.14. The van der Waals surface area contributed by atoms with Crippen LogP contribution in [0.5, 0.6) is 5.75 Å². The Bertz CT molecular complexity index is 310. The molecule has 0 unspecified atom stereocenters. The molecule has 0 fully saturated rings. The summed E-state index contributed by atoms with van der Waals surface area (Å²) >= 11 is 0. The first-order valence-electron chi connectivity index (χ1n) is 5.25. The van der Waals surface area contributed by atoms with Gasteiger partial charge in [-0.25, -0.2) is 0 Å². The molecule has 3 heteroatoms. The Hall–Kier alpha value is -1.06. The Morgan fingerprint density at radius 3 is 2.80 bits per heavy atom. The summed E-state index contributed by atoms with van der Waals surface area (Å²) in [6.45, 7) is 4.63. The van der Waals surface area contributed by atoms with Gasteiger partial charge in [0.25, 0.3) is 0 Å². The van der Waals surface area contributed by atoms with Crippen molar-refractivity contribution in [3.8, 4) is 5.75 Å². The molecule has 0 radical (unpaired) electrons. The summed E-state index contributed by atoms with van der Waals surface area (Å²) in [7, 11) is 0. The number of rotatable bonds is 5. The van der Waals surface area contributed by atoms with Gasteiger partial charge in [-0.05, 0) is 25.5 Å². The average molecular weight is 209 g/mol.